The van der Waals surface area contributed by atoms with E-state index in [0.29, 0.717) is 11.4 Å². The number of hydrogen-bond acceptors (Lipinski definition) is 3. The molecule has 4 nitrogen and oxygen atoms in total. The second-order valence-electron chi connectivity index (χ2n) is 3.43. The fraction of sp³-hybridized carbons (Fsp3) is 0.0833. The molecule has 0 bridgehead atoms. The summed E-state index contributed by atoms with van der Waals surface area (Å²) >= 11 is 0. The van der Waals surface area contributed by atoms with Gasteiger partial charge < -0.3 is 15.6 Å². The lowest BCUT2D eigenvalue weighted by atomic mass is 10.1. The highest BCUT2D eigenvalue weighted by Gasteiger charge is 2.08. The molecule has 0 aliphatic heterocycles. The van der Waals surface area contributed by atoms with Crippen LogP contribution in [0.25, 0.3) is 10.8 Å². The second-order valence-corrected chi connectivity index (χ2v) is 3.43. The van der Waals surface area contributed by atoms with Crippen LogP contribution in [0.3, 0.4) is 0 Å². The second kappa shape index (κ2) is 3.73. The first-order chi connectivity index (χ1) is 7.63. The van der Waals surface area contributed by atoms with E-state index < -0.39 is 5.97 Å². The minimum Gasteiger partial charge on any atom is -0.494 e. The monoisotopic (exact) mass is 217 g/mol. The van der Waals surface area contributed by atoms with Crippen molar-refractivity contribution >= 4 is 22.4 Å². The van der Waals surface area contributed by atoms with Crippen molar-refractivity contribution in [2.75, 3.05) is 12.8 Å². The van der Waals surface area contributed by atoms with E-state index in [9.17, 15) is 4.79 Å². The summed E-state index contributed by atoms with van der Waals surface area (Å²) in [5, 5.41) is 10.5. The SMILES string of the molecule is COc1c(N)ccc2cc(C(=O)O)ccc12. The Bertz CT molecular complexity index is 563. The molecule has 16 heavy (non-hydrogen) atoms. The normalized spacial score (nSPS) is 10.3. The van der Waals surface area contributed by atoms with Gasteiger partial charge in [0.15, 0.2) is 0 Å². The first-order valence-electron chi connectivity index (χ1n) is 4.73. The highest BCUT2D eigenvalue weighted by Crippen LogP contribution is 2.31. The molecule has 0 aliphatic carbocycles. The molecule has 0 heterocycles. The Morgan fingerprint density at radius 2 is 2.06 bits per heavy atom. The van der Waals surface area contributed by atoms with Crippen LogP contribution in [0.15, 0.2) is 30.3 Å². The van der Waals surface area contributed by atoms with Crippen LogP contribution in [0, 0.1) is 0 Å². The largest absolute Gasteiger partial charge is 0.494 e. The summed E-state index contributed by atoms with van der Waals surface area (Å²) in [5.41, 5.74) is 6.54. The lowest BCUT2D eigenvalue weighted by Crippen LogP contribution is -1.97. The molecule has 2 aromatic carbocycles. The minimum atomic E-state index is -0.947. The van der Waals surface area contributed by atoms with Crippen LogP contribution >= 0.6 is 0 Å². The van der Waals surface area contributed by atoms with Gasteiger partial charge in [-0.1, -0.05) is 6.07 Å². The fourth-order valence-electron chi connectivity index (χ4n) is 1.68. The van der Waals surface area contributed by atoms with Gasteiger partial charge in [0.2, 0.25) is 0 Å². The Morgan fingerprint density at radius 3 is 2.69 bits per heavy atom. The van der Waals surface area contributed by atoms with Crippen molar-refractivity contribution in [3.8, 4) is 5.75 Å². The van der Waals surface area contributed by atoms with Crippen LogP contribution in [0.4, 0.5) is 5.69 Å². The van der Waals surface area contributed by atoms with Gasteiger partial charge in [0.05, 0.1) is 18.4 Å². The predicted molar refractivity (Wildman–Crippen MR) is 61.9 cm³/mol. The highest BCUT2D eigenvalue weighted by molar-refractivity contribution is 5.98. The summed E-state index contributed by atoms with van der Waals surface area (Å²) in [4.78, 5) is 10.8. The summed E-state index contributed by atoms with van der Waals surface area (Å²) in [5.74, 6) is -0.368. The molecule has 3 N–H and O–H groups in total. The summed E-state index contributed by atoms with van der Waals surface area (Å²) in [6.45, 7) is 0. The highest BCUT2D eigenvalue weighted by atomic mass is 16.5. The van der Waals surface area contributed by atoms with Crippen molar-refractivity contribution in [2.24, 2.45) is 0 Å². The Morgan fingerprint density at radius 1 is 1.31 bits per heavy atom. The number of benzene rings is 2. The van der Waals surface area contributed by atoms with Gasteiger partial charge >= 0.3 is 5.97 Å². The predicted octanol–water partition coefficient (Wildman–Crippen LogP) is 2.13. The number of nitrogen functional groups attached to an aromatic ring is 1. The minimum absolute atomic E-state index is 0.249. The van der Waals surface area contributed by atoms with Crippen molar-refractivity contribution in [1.29, 1.82) is 0 Å². The molecule has 0 radical (unpaired) electrons. The molecule has 2 aromatic rings. The van der Waals surface area contributed by atoms with E-state index in [4.69, 9.17) is 15.6 Å². The van der Waals surface area contributed by atoms with Crippen molar-refractivity contribution in [3.05, 3.63) is 35.9 Å². The maximum absolute atomic E-state index is 10.8. The van der Waals surface area contributed by atoms with Gasteiger partial charge in [-0.2, -0.15) is 0 Å². The first kappa shape index (κ1) is 10.3. The molecule has 0 spiro atoms. The Balaban J connectivity index is 2.73. The molecule has 0 fully saturated rings. The number of carboxylic acid groups (broad SMARTS) is 1. The zero-order valence-electron chi connectivity index (χ0n) is 8.73. The molecule has 82 valence electrons. The Labute approximate surface area is 92.3 Å². The molecule has 2 rings (SSSR count). The number of nitrogens with two attached hydrogens (primary N) is 1. The average Bonchev–Trinajstić information content (AvgIpc) is 2.28. The number of carboxylic acids is 1. The third-order valence-electron chi connectivity index (χ3n) is 2.45. The number of rotatable bonds is 2. The topological polar surface area (TPSA) is 72.5 Å². The Hall–Kier alpha value is -2.23. The van der Waals surface area contributed by atoms with Crippen LogP contribution in [0.5, 0.6) is 5.75 Å². The molecule has 0 aliphatic rings. The summed E-state index contributed by atoms with van der Waals surface area (Å²) in [7, 11) is 1.54. The molecule has 0 unspecified atom stereocenters. The fourth-order valence-corrected chi connectivity index (χ4v) is 1.68. The maximum atomic E-state index is 10.8. The standard InChI is InChI=1S/C12H11NO3/c1-16-11-9-4-2-8(12(14)15)6-7(9)3-5-10(11)13/h2-6H,13H2,1H3,(H,14,15). The molecule has 4 heteroatoms. The molecule has 0 atom stereocenters. The first-order valence-corrected chi connectivity index (χ1v) is 4.73. The van der Waals surface area contributed by atoms with E-state index in [1.807, 2.05) is 0 Å². The molecular weight excluding hydrogens is 206 g/mol. The van der Waals surface area contributed by atoms with Gasteiger partial charge in [0.25, 0.3) is 0 Å². The zero-order valence-corrected chi connectivity index (χ0v) is 8.73. The third-order valence-corrected chi connectivity index (χ3v) is 2.45. The van der Waals surface area contributed by atoms with E-state index in [0.717, 1.165) is 10.8 Å². The Kier molecular flexibility index (Phi) is 2.40. The number of aromatic carboxylic acids is 1. The van der Waals surface area contributed by atoms with Crippen molar-refractivity contribution < 1.29 is 14.6 Å². The van der Waals surface area contributed by atoms with Crippen LogP contribution < -0.4 is 10.5 Å². The van der Waals surface area contributed by atoms with Gasteiger partial charge in [0.1, 0.15) is 5.75 Å². The van der Waals surface area contributed by atoms with Gasteiger partial charge in [-0.05, 0) is 29.7 Å². The van der Waals surface area contributed by atoms with Gasteiger partial charge in [-0.25, -0.2) is 4.79 Å². The average molecular weight is 217 g/mol. The van der Waals surface area contributed by atoms with E-state index >= 15 is 0 Å². The quantitative estimate of drug-likeness (QED) is 0.756. The number of methoxy groups -OCH3 is 1. The third kappa shape index (κ3) is 1.54. The molecule has 0 saturated heterocycles. The number of ether oxygens (including phenoxy) is 1. The van der Waals surface area contributed by atoms with Crippen LogP contribution in [0.1, 0.15) is 10.4 Å². The number of hydrogen-bond donors (Lipinski definition) is 2. The van der Waals surface area contributed by atoms with E-state index in [2.05, 4.69) is 0 Å². The van der Waals surface area contributed by atoms with Crippen molar-refractivity contribution in [2.45, 2.75) is 0 Å². The van der Waals surface area contributed by atoms with E-state index in [1.54, 1.807) is 24.3 Å². The molecule has 0 saturated carbocycles. The zero-order chi connectivity index (χ0) is 11.7. The summed E-state index contributed by atoms with van der Waals surface area (Å²) in [6, 6.07) is 8.31. The number of fused-ring (bicyclic) bond motifs is 1. The van der Waals surface area contributed by atoms with E-state index in [1.165, 1.54) is 13.2 Å². The molecule has 0 amide bonds. The van der Waals surface area contributed by atoms with Gasteiger partial charge in [0, 0.05) is 5.39 Å². The van der Waals surface area contributed by atoms with Gasteiger partial charge in [-0.3, -0.25) is 0 Å². The van der Waals surface area contributed by atoms with E-state index in [-0.39, 0.29) is 5.56 Å². The lowest BCUT2D eigenvalue weighted by molar-refractivity contribution is 0.0697. The van der Waals surface area contributed by atoms with Crippen LogP contribution in [-0.2, 0) is 0 Å². The van der Waals surface area contributed by atoms with Gasteiger partial charge in [-0.15, -0.1) is 0 Å². The molecular formula is C12H11NO3. The number of carbonyl (C=O) groups is 1. The van der Waals surface area contributed by atoms with Crippen LogP contribution in [-0.4, -0.2) is 18.2 Å². The maximum Gasteiger partial charge on any atom is 0.335 e. The molecule has 0 aromatic heterocycles. The lowest BCUT2D eigenvalue weighted by Gasteiger charge is -2.08. The summed E-state index contributed by atoms with van der Waals surface area (Å²) < 4.78 is 5.19. The number of anilines is 1. The van der Waals surface area contributed by atoms with Crippen molar-refractivity contribution in [3.63, 3.8) is 0 Å². The van der Waals surface area contributed by atoms with Crippen LogP contribution in [0.2, 0.25) is 0 Å². The van der Waals surface area contributed by atoms with Crippen molar-refractivity contribution in [1.82, 2.24) is 0 Å². The summed E-state index contributed by atoms with van der Waals surface area (Å²) in [6.07, 6.45) is 0. The smallest absolute Gasteiger partial charge is 0.335 e.